The highest BCUT2D eigenvalue weighted by molar-refractivity contribution is 6.01. The Morgan fingerprint density at radius 3 is 2.11 bits per heavy atom. The number of hydrogen-bond acceptors (Lipinski definition) is 3. The Hall–Kier alpha value is -1.19. The zero-order chi connectivity index (χ0) is 13.8. The summed E-state index contributed by atoms with van der Waals surface area (Å²) in [4.78, 5) is 35.7. The van der Waals surface area contributed by atoms with Crippen LogP contribution in [0.25, 0.3) is 0 Å². The molecule has 0 aliphatic carbocycles. The first-order valence-corrected chi connectivity index (χ1v) is 6.69. The highest BCUT2D eigenvalue weighted by atomic mass is 16.2. The fourth-order valence-electron chi connectivity index (χ4n) is 1.98. The van der Waals surface area contributed by atoms with E-state index in [4.69, 9.17) is 0 Å². The molecule has 0 saturated carbocycles. The maximum atomic E-state index is 11.7. The summed E-state index contributed by atoms with van der Waals surface area (Å²) in [6.45, 7) is 6.30. The van der Waals surface area contributed by atoms with Crippen molar-refractivity contribution >= 4 is 17.6 Å². The predicted molar refractivity (Wildman–Crippen MR) is 68.9 cm³/mol. The number of unbranched alkanes of at least 4 members (excludes halogenated alkanes) is 2. The van der Waals surface area contributed by atoms with Gasteiger partial charge in [0.15, 0.2) is 0 Å². The van der Waals surface area contributed by atoms with Crippen LogP contribution in [0.1, 0.15) is 59.3 Å². The molecule has 2 amide bonds. The molecule has 4 nitrogen and oxygen atoms in total. The molecule has 1 aliphatic rings. The first-order chi connectivity index (χ1) is 8.32. The van der Waals surface area contributed by atoms with E-state index in [-0.39, 0.29) is 23.0 Å². The largest absolute Gasteiger partial charge is 0.299 e. The van der Waals surface area contributed by atoms with Gasteiger partial charge in [0.1, 0.15) is 5.78 Å². The lowest BCUT2D eigenvalue weighted by Crippen LogP contribution is -2.30. The Morgan fingerprint density at radius 2 is 1.61 bits per heavy atom. The van der Waals surface area contributed by atoms with Gasteiger partial charge >= 0.3 is 0 Å². The number of carbonyl (C=O) groups excluding carboxylic acids is 3. The van der Waals surface area contributed by atoms with Crippen molar-refractivity contribution in [3.05, 3.63) is 0 Å². The zero-order valence-electron chi connectivity index (χ0n) is 11.6. The minimum Gasteiger partial charge on any atom is -0.299 e. The van der Waals surface area contributed by atoms with Gasteiger partial charge in [0.2, 0.25) is 11.8 Å². The lowest BCUT2D eigenvalue weighted by Gasteiger charge is -2.16. The van der Waals surface area contributed by atoms with E-state index in [1.165, 1.54) is 4.90 Å². The van der Waals surface area contributed by atoms with Gasteiger partial charge in [-0.25, -0.2) is 0 Å². The number of ketones is 1. The summed E-state index contributed by atoms with van der Waals surface area (Å²) in [5.74, 6) is 0.173. The predicted octanol–water partition coefficient (Wildman–Crippen LogP) is 2.31. The summed E-state index contributed by atoms with van der Waals surface area (Å²) in [5.41, 5.74) is -0.263. The highest BCUT2D eigenvalue weighted by Gasteiger charge is 2.28. The lowest BCUT2D eigenvalue weighted by atomic mass is 9.88. The Labute approximate surface area is 109 Å². The maximum Gasteiger partial charge on any atom is 0.229 e. The quantitative estimate of drug-likeness (QED) is 0.539. The number of likely N-dealkylation sites (tertiary alicyclic amines) is 1. The first-order valence-electron chi connectivity index (χ1n) is 6.69. The molecule has 4 heteroatoms. The molecule has 18 heavy (non-hydrogen) atoms. The molecule has 1 saturated heterocycles. The van der Waals surface area contributed by atoms with Crippen molar-refractivity contribution in [1.29, 1.82) is 0 Å². The molecule has 0 aromatic carbocycles. The van der Waals surface area contributed by atoms with Crippen molar-refractivity contribution in [2.75, 3.05) is 6.54 Å². The molecule has 0 N–H and O–H groups in total. The van der Waals surface area contributed by atoms with E-state index in [0.29, 0.717) is 25.8 Å². The number of rotatable bonds is 6. The first kappa shape index (κ1) is 14.9. The summed E-state index contributed by atoms with van der Waals surface area (Å²) >= 11 is 0. The van der Waals surface area contributed by atoms with Crippen LogP contribution in [0.15, 0.2) is 0 Å². The fourth-order valence-corrected chi connectivity index (χ4v) is 1.98. The van der Waals surface area contributed by atoms with Gasteiger partial charge in [-0.1, -0.05) is 27.2 Å². The van der Waals surface area contributed by atoms with Crippen LogP contribution in [0.5, 0.6) is 0 Å². The molecule has 102 valence electrons. The third kappa shape index (κ3) is 4.24. The minimum absolute atomic E-state index is 0.0502. The van der Waals surface area contributed by atoms with Crippen LogP contribution in [0, 0.1) is 5.41 Å². The van der Waals surface area contributed by atoms with Gasteiger partial charge in [-0.15, -0.1) is 0 Å². The SMILES string of the molecule is CC(C)(C)C(=O)CCCCCN1C(=O)CCC1=O. The molecule has 0 radical (unpaired) electrons. The third-order valence-electron chi connectivity index (χ3n) is 3.28. The van der Waals surface area contributed by atoms with E-state index in [0.717, 1.165) is 19.3 Å². The number of carbonyl (C=O) groups is 3. The molecule has 0 spiro atoms. The van der Waals surface area contributed by atoms with E-state index in [2.05, 4.69) is 0 Å². The average Bonchev–Trinajstić information content (AvgIpc) is 2.58. The summed E-state index contributed by atoms with van der Waals surface area (Å²) in [6.07, 6.45) is 3.84. The van der Waals surface area contributed by atoms with Gasteiger partial charge in [-0.05, 0) is 12.8 Å². The molecular formula is C14H23NO3. The van der Waals surface area contributed by atoms with E-state index in [9.17, 15) is 14.4 Å². The van der Waals surface area contributed by atoms with Crippen LogP contribution in [0.3, 0.4) is 0 Å². The van der Waals surface area contributed by atoms with Gasteiger partial charge in [0.25, 0.3) is 0 Å². The molecule has 1 rings (SSSR count). The van der Waals surface area contributed by atoms with Crippen LogP contribution in [-0.2, 0) is 14.4 Å². The van der Waals surface area contributed by atoms with Crippen LogP contribution in [0.4, 0.5) is 0 Å². The molecule has 0 bridgehead atoms. The van der Waals surface area contributed by atoms with Crippen LogP contribution < -0.4 is 0 Å². The molecular weight excluding hydrogens is 230 g/mol. The monoisotopic (exact) mass is 253 g/mol. The van der Waals surface area contributed by atoms with Crippen molar-refractivity contribution in [2.24, 2.45) is 5.41 Å². The van der Waals surface area contributed by atoms with Crippen molar-refractivity contribution in [1.82, 2.24) is 4.90 Å². The number of amides is 2. The number of Topliss-reactive ketones (excluding diaryl/α,β-unsaturated/α-hetero) is 1. The summed E-state index contributed by atoms with van der Waals surface area (Å²) < 4.78 is 0. The normalized spacial score (nSPS) is 16.5. The lowest BCUT2D eigenvalue weighted by molar-refractivity contribution is -0.138. The fraction of sp³-hybridized carbons (Fsp3) is 0.786. The van der Waals surface area contributed by atoms with Crippen molar-refractivity contribution in [2.45, 2.75) is 59.3 Å². The van der Waals surface area contributed by atoms with Crippen LogP contribution in [0.2, 0.25) is 0 Å². The van der Waals surface area contributed by atoms with E-state index in [1.807, 2.05) is 20.8 Å². The van der Waals surface area contributed by atoms with Gasteiger partial charge in [-0.3, -0.25) is 19.3 Å². The molecule has 1 heterocycles. The summed E-state index contributed by atoms with van der Waals surface area (Å²) in [6, 6.07) is 0. The second-order valence-corrected chi connectivity index (χ2v) is 5.92. The highest BCUT2D eigenvalue weighted by Crippen LogP contribution is 2.19. The molecule has 1 aliphatic heterocycles. The maximum absolute atomic E-state index is 11.7. The van der Waals surface area contributed by atoms with E-state index >= 15 is 0 Å². The Balaban J connectivity index is 2.14. The van der Waals surface area contributed by atoms with E-state index in [1.54, 1.807) is 0 Å². The molecule has 0 atom stereocenters. The Kier molecular flexibility index (Phi) is 5.05. The summed E-state index contributed by atoms with van der Waals surface area (Å²) in [7, 11) is 0. The van der Waals surface area contributed by atoms with Crippen LogP contribution >= 0.6 is 0 Å². The standard InChI is InChI=1S/C14H23NO3/c1-14(2,3)11(16)7-5-4-6-10-15-12(17)8-9-13(15)18/h4-10H2,1-3H3. The Morgan fingerprint density at radius 1 is 1.06 bits per heavy atom. The van der Waals surface area contributed by atoms with Gasteiger partial charge in [-0.2, -0.15) is 0 Å². The molecule has 0 unspecified atom stereocenters. The minimum atomic E-state index is -0.263. The number of nitrogens with zero attached hydrogens (tertiary/aromatic N) is 1. The van der Waals surface area contributed by atoms with Crippen molar-refractivity contribution in [3.63, 3.8) is 0 Å². The topological polar surface area (TPSA) is 54.5 Å². The molecule has 1 fully saturated rings. The van der Waals surface area contributed by atoms with Gasteiger partial charge in [0.05, 0.1) is 0 Å². The van der Waals surface area contributed by atoms with Crippen molar-refractivity contribution < 1.29 is 14.4 Å². The van der Waals surface area contributed by atoms with Crippen LogP contribution in [-0.4, -0.2) is 29.0 Å². The molecule has 0 aromatic rings. The Bertz CT molecular complexity index is 325. The third-order valence-corrected chi connectivity index (χ3v) is 3.28. The number of imide groups is 1. The molecule has 0 aromatic heterocycles. The zero-order valence-corrected chi connectivity index (χ0v) is 11.6. The number of hydrogen-bond donors (Lipinski definition) is 0. The van der Waals surface area contributed by atoms with Crippen molar-refractivity contribution in [3.8, 4) is 0 Å². The van der Waals surface area contributed by atoms with Gasteiger partial charge in [0, 0.05) is 31.2 Å². The van der Waals surface area contributed by atoms with E-state index < -0.39 is 0 Å². The smallest absolute Gasteiger partial charge is 0.229 e. The summed E-state index contributed by atoms with van der Waals surface area (Å²) in [5, 5.41) is 0. The second-order valence-electron chi connectivity index (χ2n) is 5.92. The second kappa shape index (κ2) is 6.12. The average molecular weight is 253 g/mol. The van der Waals surface area contributed by atoms with Gasteiger partial charge < -0.3 is 0 Å².